The summed E-state index contributed by atoms with van der Waals surface area (Å²) in [4.78, 5) is 30.4. The van der Waals surface area contributed by atoms with Crippen molar-refractivity contribution >= 4 is 40.4 Å². The van der Waals surface area contributed by atoms with Crippen molar-refractivity contribution in [3.8, 4) is 0 Å². The number of fused-ring (bicyclic) bond motifs is 1. The molecule has 38 heavy (non-hydrogen) atoms. The Morgan fingerprint density at radius 3 is 2.32 bits per heavy atom. The Morgan fingerprint density at radius 2 is 1.58 bits per heavy atom. The van der Waals surface area contributed by atoms with Crippen molar-refractivity contribution in [3.63, 3.8) is 0 Å². The summed E-state index contributed by atoms with van der Waals surface area (Å²) in [6.45, 7) is 6.40. The Kier molecular flexibility index (Phi) is 6.71. The highest BCUT2D eigenvalue weighted by atomic mass is 16.1. The van der Waals surface area contributed by atoms with Crippen LogP contribution in [0.5, 0.6) is 0 Å². The van der Waals surface area contributed by atoms with Gasteiger partial charge in [0.25, 0.3) is 5.91 Å². The second-order valence-electron chi connectivity index (χ2n) is 10.1. The number of pyridine rings is 1. The predicted octanol–water partition coefficient (Wildman–Crippen LogP) is 6.91. The fourth-order valence-electron chi connectivity index (χ4n) is 4.18. The molecule has 1 amide bonds. The number of anilines is 1. The van der Waals surface area contributed by atoms with Gasteiger partial charge in [0.15, 0.2) is 5.78 Å². The fraction of sp³-hybridized carbons (Fsp3) is 0.125. The van der Waals surface area contributed by atoms with Crippen LogP contribution < -0.4 is 5.32 Å². The summed E-state index contributed by atoms with van der Waals surface area (Å²) in [5.74, 6) is -0.363. The molecular formula is C32H28N4O2. The molecule has 6 nitrogen and oxygen atoms in total. The zero-order valence-corrected chi connectivity index (χ0v) is 21.5. The SMILES string of the molecule is CC(C)(C)c1ccc(C(=O)Nc2cccc(C(=O)c3ccc4c(/C=C/c5ccccn5)n[nH]c4c3)c2)cc1. The van der Waals surface area contributed by atoms with Gasteiger partial charge in [-0.3, -0.25) is 19.7 Å². The molecule has 0 unspecified atom stereocenters. The van der Waals surface area contributed by atoms with Gasteiger partial charge in [-0.25, -0.2) is 0 Å². The molecule has 0 spiro atoms. The number of ketones is 1. The van der Waals surface area contributed by atoms with Crippen LogP contribution in [0.4, 0.5) is 5.69 Å². The topological polar surface area (TPSA) is 87.7 Å². The molecule has 2 aromatic heterocycles. The van der Waals surface area contributed by atoms with Crippen molar-refractivity contribution in [2.75, 3.05) is 5.32 Å². The maximum Gasteiger partial charge on any atom is 0.255 e. The van der Waals surface area contributed by atoms with Crippen molar-refractivity contribution in [1.29, 1.82) is 0 Å². The predicted molar refractivity (Wildman–Crippen MR) is 152 cm³/mol. The molecular weight excluding hydrogens is 472 g/mol. The fourth-order valence-corrected chi connectivity index (χ4v) is 4.18. The first kappa shape index (κ1) is 24.8. The van der Waals surface area contributed by atoms with Crippen molar-refractivity contribution in [3.05, 3.63) is 125 Å². The Morgan fingerprint density at radius 1 is 0.816 bits per heavy atom. The minimum Gasteiger partial charge on any atom is -0.322 e. The van der Waals surface area contributed by atoms with E-state index < -0.39 is 0 Å². The van der Waals surface area contributed by atoms with Gasteiger partial charge in [0.05, 0.1) is 16.9 Å². The molecule has 0 bridgehead atoms. The largest absolute Gasteiger partial charge is 0.322 e. The van der Waals surface area contributed by atoms with E-state index in [1.54, 1.807) is 42.6 Å². The first-order chi connectivity index (χ1) is 18.3. The molecule has 0 saturated heterocycles. The van der Waals surface area contributed by atoms with Crippen molar-refractivity contribution < 1.29 is 9.59 Å². The van der Waals surface area contributed by atoms with Crippen LogP contribution in [-0.4, -0.2) is 26.9 Å². The standard InChI is InChI=1S/C32H28N4O2/c1-32(2,3)24-13-10-21(11-14-24)31(38)34-26-9-6-7-22(19-26)30(37)23-12-16-27-28(35-36-29(27)20-23)17-15-25-8-4-5-18-33-25/h4-20H,1-3H3,(H,34,38)(H,35,36)/b17-15+. The minimum absolute atomic E-state index is 0.0147. The van der Waals surface area contributed by atoms with Gasteiger partial charge in [-0.2, -0.15) is 5.10 Å². The molecule has 3 aromatic carbocycles. The number of nitrogens with zero attached hydrogens (tertiary/aromatic N) is 2. The highest BCUT2D eigenvalue weighted by Crippen LogP contribution is 2.24. The lowest BCUT2D eigenvalue weighted by atomic mass is 9.87. The molecule has 2 N–H and O–H groups in total. The number of aromatic amines is 1. The van der Waals surface area contributed by atoms with Gasteiger partial charge in [0.2, 0.25) is 0 Å². The zero-order chi connectivity index (χ0) is 26.7. The van der Waals surface area contributed by atoms with Gasteiger partial charge in [-0.15, -0.1) is 0 Å². The molecule has 0 fully saturated rings. The van der Waals surface area contributed by atoms with Crippen LogP contribution in [0.15, 0.2) is 91.1 Å². The molecule has 0 aliphatic rings. The van der Waals surface area contributed by atoms with E-state index in [9.17, 15) is 9.59 Å². The van der Waals surface area contributed by atoms with Gasteiger partial charge >= 0.3 is 0 Å². The summed E-state index contributed by atoms with van der Waals surface area (Å²) in [5.41, 5.74) is 5.68. The van der Waals surface area contributed by atoms with Crippen LogP contribution >= 0.6 is 0 Å². The third-order valence-corrected chi connectivity index (χ3v) is 6.35. The van der Waals surface area contributed by atoms with Crippen molar-refractivity contribution in [2.24, 2.45) is 0 Å². The molecule has 2 heterocycles. The maximum atomic E-state index is 13.3. The van der Waals surface area contributed by atoms with Crippen molar-refractivity contribution in [1.82, 2.24) is 15.2 Å². The Balaban J connectivity index is 1.32. The molecule has 5 rings (SSSR count). The molecule has 0 radical (unpaired) electrons. The Bertz CT molecular complexity index is 1640. The van der Waals surface area contributed by atoms with E-state index in [0.29, 0.717) is 22.4 Å². The van der Waals surface area contributed by atoms with Crippen LogP contribution in [0.3, 0.4) is 0 Å². The number of hydrogen-bond donors (Lipinski definition) is 2. The third-order valence-electron chi connectivity index (χ3n) is 6.35. The van der Waals surface area contributed by atoms with Crippen LogP contribution in [0.25, 0.3) is 23.1 Å². The number of H-pyrrole nitrogens is 1. The van der Waals surface area contributed by atoms with Crippen LogP contribution in [0.2, 0.25) is 0 Å². The van der Waals surface area contributed by atoms with E-state index in [4.69, 9.17) is 0 Å². The summed E-state index contributed by atoms with van der Waals surface area (Å²) in [6, 6.07) is 25.8. The number of aromatic nitrogens is 3. The molecule has 188 valence electrons. The highest BCUT2D eigenvalue weighted by Gasteiger charge is 2.16. The number of carbonyl (C=O) groups excluding carboxylic acids is 2. The zero-order valence-electron chi connectivity index (χ0n) is 21.5. The third kappa shape index (κ3) is 5.44. The van der Waals surface area contributed by atoms with Gasteiger partial charge in [0, 0.05) is 34.0 Å². The maximum absolute atomic E-state index is 13.3. The lowest BCUT2D eigenvalue weighted by Crippen LogP contribution is -2.14. The lowest BCUT2D eigenvalue weighted by molar-refractivity contribution is 0.102. The second kappa shape index (κ2) is 10.3. The Hall–Kier alpha value is -4.84. The average Bonchev–Trinajstić information content (AvgIpc) is 3.34. The van der Waals surface area contributed by atoms with E-state index in [-0.39, 0.29) is 17.1 Å². The van der Waals surface area contributed by atoms with Crippen LogP contribution in [-0.2, 0) is 5.41 Å². The number of amides is 1. The quantitative estimate of drug-likeness (QED) is 0.248. The molecule has 0 saturated carbocycles. The van der Waals surface area contributed by atoms with E-state index >= 15 is 0 Å². The summed E-state index contributed by atoms with van der Waals surface area (Å²) in [6.07, 6.45) is 5.53. The summed E-state index contributed by atoms with van der Waals surface area (Å²) in [5, 5.41) is 11.2. The smallest absolute Gasteiger partial charge is 0.255 e. The molecule has 0 aliphatic heterocycles. The summed E-state index contributed by atoms with van der Waals surface area (Å²) >= 11 is 0. The lowest BCUT2D eigenvalue weighted by Gasteiger charge is -2.19. The van der Waals surface area contributed by atoms with Crippen LogP contribution in [0.1, 0.15) is 64.0 Å². The van der Waals surface area contributed by atoms with E-state index in [2.05, 4.69) is 41.3 Å². The number of benzene rings is 3. The number of hydrogen-bond acceptors (Lipinski definition) is 4. The second-order valence-corrected chi connectivity index (χ2v) is 10.1. The highest BCUT2D eigenvalue weighted by molar-refractivity contribution is 6.12. The summed E-state index contributed by atoms with van der Waals surface area (Å²) < 4.78 is 0. The van der Waals surface area contributed by atoms with Crippen molar-refractivity contribution in [2.45, 2.75) is 26.2 Å². The van der Waals surface area contributed by atoms with E-state index in [1.165, 1.54) is 0 Å². The van der Waals surface area contributed by atoms with Gasteiger partial charge < -0.3 is 5.32 Å². The molecule has 0 aliphatic carbocycles. The van der Waals surface area contributed by atoms with Crippen LogP contribution in [0, 0.1) is 0 Å². The van der Waals surface area contributed by atoms with E-state index in [0.717, 1.165) is 27.9 Å². The minimum atomic E-state index is -0.222. The number of rotatable bonds is 6. The van der Waals surface area contributed by atoms with Gasteiger partial charge in [-0.05, 0) is 71.7 Å². The monoisotopic (exact) mass is 500 g/mol. The average molecular weight is 501 g/mol. The molecule has 6 heteroatoms. The Labute approximate surface area is 221 Å². The van der Waals surface area contributed by atoms with E-state index in [1.807, 2.05) is 60.7 Å². The normalized spacial score (nSPS) is 11.7. The first-order valence-electron chi connectivity index (χ1n) is 12.4. The first-order valence-corrected chi connectivity index (χ1v) is 12.4. The number of carbonyl (C=O) groups is 2. The van der Waals surface area contributed by atoms with Gasteiger partial charge in [-0.1, -0.05) is 57.2 Å². The molecule has 0 atom stereocenters. The van der Waals surface area contributed by atoms with Gasteiger partial charge in [0.1, 0.15) is 0 Å². The summed E-state index contributed by atoms with van der Waals surface area (Å²) in [7, 11) is 0. The number of nitrogens with one attached hydrogen (secondary N) is 2. The molecule has 5 aromatic rings.